The molecule has 0 saturated carbocycles. The van der Waals surface area contributed by atoms with Crippen LogP contribution >= 0.6 is 0 Å². The van der Waals surface area contributed by atoms with Crippen LogP contribution in [0.5, 0.6) is 0 Å². The van der Waals surface area contributed by atoms with Crippen molar-refractivity contribution in [1.82, 2.24) is 4.57 Å². The number of aromatic nitrogens is 2. The van der Waals surface area contributed by atoms with Gasteiger partial charge in [-0.2, -0.15) is 0 Å². The molecule has 1 aliphatic rings. The number of likely N-dealkylation sites (N-methyl/N-ethyl adjacent to an activating group) is 2. The summed E-state index contributed by atoms with van der Waals surface area (Å²) in [6, 6.07) is 0.746. The van der Waals surface area contributed by atoms with Crippen LogP contribution in [-0.4, -0.2) is 66.4 Å². The standard InChI is InChI=1S/C16H33N4/c1-15(2)20(6)11-9-19(5,10-12-20)8-7-16-13-17(3)14-18(16)4/h13-15H,7-12H2,1-6H3/q+3. The summed E-state index contributed by atoms with van der Waals surface area (Å²) in [6.07, 6.45) is 5.59. The van der Waals surface area contributed by atoms with Gasteiger partial charge in [0.15, 0.2) is 0 Å². The van der Waals surface area contributed by atoms with E-state index >= 15 is 0 Å². The van der Waals surface area contributed by atoms with Gasteiger partial charge in [0.05, 0.1) is 47.2 Å². The van der Waals surface area contributed by atoms with Crippen molar-refractivity contribution in [3.8, 4) is 0 Å². The highest BCUT2D eigenvalue weighted by Gasteiger charge is 2.38. The average molecular weight is 281 g/mol. The van der Waals surface area contributed by atoms with E-state index in [-0.39, 0.29) is 0 Å². The molecule has 0 bridgehead atoms. The van der Waals surface area contributed by atoms with E-state index in [0.717, 1.165) is 6.04 Å². The average Bonchev–Trinajstić information content (AvgIpc) is 2.70. The molecular formula is C16H33N4+3. The molecule has 0 aliphatic carbocycles. The van der Waals surface area contributed by atoms with E-state index in [1.807, 2.05) is 0 Å². The van der Waals surface area contributed by atoms with Gasteiger partial charge in [-0.1, -0.05) is 0 Å². The van der Waals surface area contributed by atoms with Crippen molar-refractivity contribution in [3.63, 3.8) is 0 Å². The number of nitrogens with zero attached hydrogens (tertiary/aromatic N) is 4. The van der Waals surface area contributed by atoms with Gasteiger partial charge in [-0.05, 0) is 13.8 Å². The fourth-order valence-electron chi connectivity index (χ4n) is 3.24. The van der Waals surface area contributed by atoms with Crippen molar-refractivity contribution in [2.45, 2.75) is 26.3 Å². The first kappa shape index (κ1) is 15.5. The van der Waals surface area contributed by atoms with Gasteiger partial charge in [-0.15, -0.1) is 0 Å². The van der Waals surface area contributed by atoms with Crippen molar-refractivity contribution in [2.75, 3.05) is 46.8 Å². The Balaban J connectivity index is 1.92. The molecule has 2 heterocycles. The Morgan fingerprint density at radius 1 is 1.20 bits per heavy atom. The molecule has 20 heavy (non-hydrogen) atoms. The minimum atomic E-state index is 0.746. The van der Waals surface area contributed by atoms with Crippen LogP contribution in [-0.2, 0) is 20.5 Å². The molecule has 114 valence electrons. The van der Waals surface area contributed by atoms with Gasteiger partial charge in [0.1, 0.15) is 38.1 Å². The Labute approximate surface area is 124 Å². The van der Waals surface area contributed by atoms with Crippen LogP contribution in [0.3, 0.4) is 0 Å². The molecule has 4 heteroatoms. The largest absolute Gasteiger partial charge is 0.316 e. The zero-order valence-electron chi connectivity index (χ0n) is 14.3. The van der Waals surface area contributed by atoms with E-state index in [1.165, 1.54) is 53.8 Å². The van der Waals surface area contributed by atoms with Crippen molar-refractivity contribution in [2.24, 2.45) is 14.1 Å². The van der Waals surface area contributed by atoms with Crippen molar-refractivity contribution >= 4 is 0 Å². The Morgan fingerprint density at radius 2 is 1.80 bits per heavy atom. The Morgan fingerprint density at radius 3 is 2.25 bits per heavy atom. The minimum absolute atomic E-state index is 0.746. The zero-order chi connectivity index (χ0) is 15.0. The molecule has 2 rings (SSSR count). The van der Waals surface area contributed by atoms with Crippen LogP contribution in [0.2, 0.25) is 0 Å². The number of imidazole rings is 1. The van der Waals surface area contributed by atoms with Gasteiger partial charge < -0.3 is 8.97 Å². The van der Waals surface area contributed by atoms with Gasteiger partial charge in [-0.3, -0.25) is 0 Å². The normalized spacial score (nSPS) is 30.9. The molecule has 1 saturated heterocycles. The second-order valence-electron chi connectivity index (χ2n) is 7.57. The maximum atomic E-state index is 2.44. The molecule has 4 nitrogen and oxygen atoms in total. The van der Waals surface area contributed by atoms with Gasteiger partial charge in [0.2, 0.25) is 6.33 Å². The first-order valence-electron chi connectivity index (χ1n) is 7.92. The smallest absolute Gasteiger partial charge is 0.243 e. The molecule has 0 radical (unpaired) electrons. The van der Waals surface area contributed by atoms with E-state index in [1.54, 1.807) is 0 Å². The summed E-state index contributed by atoms with van der Waals surface area (Å²) in [5, 5.41) is 0. The van der Waals surface area contributed by atoms with Crippen molar-refractivity contribution in [1.29, 1.82) is 0 Å². The lowest BCUT2D eigenvalue weighted by atomic mass is 10.1. The summed E-state index contributed by atoms with van der Waals surface area (Å²) in [5.74, 6) is 0. The highest BCUT2D eigenvalue weighted by Crippen LogP contribution is 2.19. The van der Waals surface area contributed by atoms with Crippen molar-refractivity contribution < 1.29 is 13.5 Å². The Kier molecular flexibility index (Phi) is 4.26. The third-order valence-corrected chi connectivity index (χ3v) is 5.62. The SMILES string of the molecule is CC(C)[N+]1(C)CC[N+](C)(CCc2c[n+](C)cn2C)CC1. The van der Waals surface area contributed by atoms with Gasteiger partial charge in [0.25, 0.3) is 0 Å². The van der Waals surface area contributed by atoms with Crippen LogP contribution < -0.4 is 4.57 Å². The third kappa shape index (κ3) is 3.23. The van der Waals surface area contributed by atoms with E-state index in [2.05, 4.69) is 63.7 Å². The van der Waals surface area contributed by atoms with Crippen LogP contribution in [0.4, 0.5) is 0 Å². The van der Waals surface area contributed by atoms with E-state index < -0.39 is 0 Å². The molecule has 0 aromatic carbocycles. The predicted octanol–water partition coefficient (Wildman–Crippen LogP) is 0.707. The maximum absolute atomic E-state index is 2.44. The number of aryl methyl sites for hydroxylation is 2. The Bertz CT molecular complexity index is 453. The fourth-order valence-corrected chi connectivity index (χ4v) is 3.24. The Hall–Kier alpha value is -0.870. The van der Waals surface area contributed by atoms with Crippen LogP contribution in [0.15, 0.2) is 12.5 Å². The summed E-state index contributed by atoms with van der Waals surface area (Å²) in [5.41, 5.74) is 1.44. The zero-order valence-corrected chi connectivity index (χ0v) is 14.3. The molecule has 0 unspecified atom stereocenters. The summed E-state index contributed by atoms with van der Waals surface area (Å²) in [7, 11) is 9.11. The quantitative estimate of drug-likeness (QED) is 0.568. The number of piperazine rings is 1. The lowest BCUT2D eigenvalue weighted by molar-refractivity contribution is -1.02. The first-order chi connectivity index (χ1) is 9.24. The predicted molar refractivity (Wildman–Crippen MR) is 82.1 cm³/mol. The molecule has 1 aromatic rings. The lowest BCUT2D eigenvalue weighted by Gasteiger charge is -2.48. The second kappa shape index (κ2) is 5.49. The lowest BCUT2D eigenvalue weighted by Crippen LogP contribution is -2.66. The summed E-state index contributed by atoms with van der Waals surface area (Å²) in [6.45, 7) is 11.2. The summed E-state index contributed by atoms with van der Waals surface area (Å²) >= 11 is 0. The van der Waals surface area contributed by atoms with Crippen molar-refractivity contribution in [3.05, 3.63) is 18.2 Å². The second-order valence-corrected chi connectivity index (χ2v) is 7.57. The highest BCUT2D eigenvalue weighted by molar-refractivity contribution is 4.92. The molecule has 1 fully saturated rings. The fraction of sp³-hybridized carbons (Fsp3) is 0.812. The summed E-state index contributed by atoms with van der Waals surface area (Å²) in [4.78, 5) is 0. The van der Waals surface area contributed by atoms with Crippen LogP contribution in [0.25, 0.3) is 0 Å². The maximum Gasteiger partial charge on any atom is 0.243 e. The molecule has 1 aliphatic heterocycles. The number of quaternary nitrogens is 2. The number of hydrogen-bond acceptors (Lipinski definition) is 0. The van der Waals surface area contributed by atoms with Gasteiger partial charge in [-0.25, -0.2) is 9.13 Å². The van der Waals surface area contributed by atoms with E-state index in [4.69, 9.17) is 0 Å². The van der Waals surface area contributed by atoms with Crippen LogP contribution in [0, 0.1) is 0 Å². The number of rotatable bonds is 4. The molecular weight excluding hydrogens is 248 g/mol. The van der Waals surface area contributed by atoms with E-state index in [9.17, 15) is 0 Å². The molecule has 0 amide bonds. The minimum Gasteiger partial charge on any atom is -0.316 e. The first-order valence-corrected chi connectivity index (χ1v) is 7.92. The topological polar surface area (TPSA) is 8.81 Å². The third-order valence-electron chi connectivity index (χ3n) is 5.62. The van der Waals surface area contributed by atoms with Gasteiger partial charge >= 0.3 is 0 Å². The van der Waals surface area contributed by atoms with Crippen LogP contribution in [0.1, 0.15) is 19.5 Å². The van der Waals surface area contributed by atoms with Gasteiger partial charge in [0, 0.05) is 0 Å². The summed E-state index contributed by atoms with van der Waals surface area (Å²) < 4.78 is 6.88. The van der Waals surface area contributed by atoms with E-state index in [0.29, 0.717) is 0 Å². The highest BCUT2D eigenvalue weighted by atomic mass is 15.5. The molecule has 1 aromatic heterocycles. The monoisotopic (exact) mass is 281 g/mol. The molecule has 0 N–H and O–H groups in total. The number of hydrogen-bond donors (Lipinski definition) is 0. The molecule has 0 atom stereocenters. The molecule has 0 spiro atoms.